The molecule has 0 aliphatic heterocycles. The first-order valence-electron chi connectivity index (χ1n) is 9.10. The van der Waals surface area contributed by atoms with Gasteiger partial charge in [-0.3, -0.25) is 9.59 Å². The number of benzene rings is 3. The Bertz CT molecular complexity index is 1120. The lowest BCUT2D eigenvalue weighted by molar-refractivity contribution is -0.124. The molecule has 2 N–H and O–H groups in total. The van der Waals surface area contributed by atoms with Crippen LogP contribution in [0.5, 0.6) is 5.75 Å². The second kappa shape index (κ2) is 10.1. The van der Waals surface area contributed by atoms with Gasteiger partial charge >= 0.3 is 0 Å². The molecular weight excluding hydrogens is 425 g/mol. The van der Waals surface area contributed by atoms with Gasteiger partial charge in [-0.25, -0.2) is 5.43 Å². The normalized spacial score (nSPS) is 10.9. The summed E-state index contributed by atoms with van der Waals surface area (Å²) in [6, 6.07) is 16.3. The highest BCUT2D eigenvalue weighted by Gasteiger charge is 2.10. The number of carbonyl (C=O) groups excluding carboxylic acids is 2. The van der Waals surface area contributed by atoms with Gasteiger partial charge in [0.05, 0.1) is 24.0 Å². The highest BCUT2D eigenvalue weighted by molar-refractivity contribution is 6.36. The fourth-order valence-corrected chi connectivity index (χ4v) is 3.30. The van der Waals surface area contributed by atoms with E-state index < -0.39 is 0 Å². The van der Waals surface area contributed by atoms with Crippen molar-refractivity contribution in [2.45, 2.75) is 12.8 Å². The minimum atomic E-state index is -0.386. The second-order valence-electron chi connectivity index (χ2n) is 6.37. The molecule has 3 rings (SSSR count). The third-order valence-corrected chi connectivity index (χ3v) is 4.87. The Morgan fingerprint density at radius 2 is 1.80 bits per heavy atom. The molecule has 0 atom stereocenters. The van der Waals surface area contributed by atoms with E-state index in [0.29, 0.717) is 21.5 Å². The molecule has 3 aromatic carbocycles. The Hall–Kier alpha value is -3.09. The number of halogens is 2. The number of nitrogens with zero attached hydrogens (tertiary/aromatic N) is 1. The third kappa shape index (κ3) is 5.49. The molecule has 30 heavy (non-hydrogen) atoms. The SMILES string of the molecule is COc1ccc2ccccc2c1C=NNC(=O)CCC(=O)Nc1ccc(Cl)cc1Cl. The van der Waals surface area contributed by atoms with Gasteiger partial charge in [-0.2, -0.15) is 5.10 Å². The van der Waals surface area contributed by atoms with E-state index in [-0.39, 0.29) is 24.7 Å². The van der Waals surface area contributed by atoms with Crippen molar-refractivity contribution in [1.29, 1.82) is 0 Å². The molecule has 2 amide bonds. The molecule has 0 saturated heterocycles. The Labute approximate surface area is 183 Å². The summed E-state index contributed by atoms with van der Waals surface area (Å²) in [4.78, 5) is 24.1. The average molecular weight is 444 g/mol. The van der Waals surface area contributed by atoms with E-state index in [1.807, 2.05) is 36.4 Å². The zero-order chi connectivity index (χ0) is 21.5. The van der Waals surface area contributed by atoms with Crippen LogP contribution in [0.3, 0.4) is 0 Å². The number of hydrogen-bond donors (Lipinski definition) is 2. The number of amides is 2. The van der Waals surface area contributed by atoms with Crippen molar-refractivity contribution in [1.82, 2.24) is 5.43 Å². The molecule has 0 unspecified atom stereocenters. The number of ether oxygens (including phenoxy) is 1. The van der Waals surface area contributed by atoms with E-state index in [4.69, 9.17) is 27.9 Å². The summed E-state index contributed by atoms with van der Waals surface area (Å²) in [6.45, 7) is 0. The first-order chi connectivity index (χ1) is 14.5. The van der Waals surface area contributed by atoms with Crippen LogP contribution in [0, 0.1) is 0 Å². The molecule has 3 aromatic rings. The van der Waals surface area contributed by atoms with Gasteiger partial charge in [0.1, 0.15) is 5.75 Å². The van der Waals surface area contributed by atoms with Crippen LogP contribution in [0.1, 0.15) is 18.4 Å². The van der Waals surface area contributed by atoms with Crippen molar-refractivity contribution < 1.29 is 14.3 Å². The lowest BCUT2D eigenvalue weighted by Crippen LogP contribution is -2.20. The molecule has 8 heteroatoms. The molecule has 0 fully saturated rings. The summed E-state index contributed by atoms with van der Waals surface area (Å²) >= 11 is 11.9. The smallest absolute Gasteiger partial charge is 0.240 e. The maximum atomic E-state index is 12.0. The highest BCUT2D eigenvalue weighted by Crippen LogP contribution is 2.27. The quantitative estimate of drug-likeness (QED) is 0.397. The second-order valence-corrected chi connectivity index (χ2v) is 7.21. The number of anilines is 1. The van der Waals surface area contributed by atoms with Crippen LogP contribution >= 0.6 is 23.2 Å². The van der Waals surface area contributed by atoms with Crippen molar-refractivity contribution in [3.05, 3.63) is 70.2 Å². The van der Waals surface area contributed by atoms with Crippen LogP contribution in [0.4, 0.5) is 5.69 Å². The average Bonchev–Trinajstić information content (AvgIpc) is 2.74. The largest absolute Gasteiger partial charge is 0.496 e. The molecular formula is C22H19Cl2N3O3. The Morgan fingerprint density at radius 3 is 2.57 bits per heavy atom. The van der Waals surface area contributed by atoms with Crippen LogP contribution in [-0.2, 0) is 9.59 Å². The van der Waals surface area contributed by atoms with Gasteiger partial charge in [-0.05, 0) is 35.0 Å². The van der Waals surface area contributed by atoms with Gasteiger partial charge in [0.25, 0.3) is 0 Å². The molecule has 0 spiro atoms. The molecule has 0 aliphatic carbocycles. The summed E-state index contributed by atoms with van der Waals surface area (Å²) in [5.41, 5.74) is 3.63. The number of nitrogens with one attached hydrogen (secondary N) is 2. The molecule has 0 radical (unpaired) electrons. The van der Waals surface area contributed by atoms with Crippen molar-refractivity contribution in [3.63, 3.8) is 0 Å². The molecule has 0 bridgehead atoms. The number of methoxy groups -OCH3 is 1. The van der Waals surface area contributed by atoms with E-state index >= 15 is 0 Å². The molecule has 0 saturated carbocycles. The summed E-state index contributed by atoms with van der Waals surface area (Å²) in [5.74, 6) is -0.0807. The van der Waals surface area contributed by atoms with Crippen LogP contribution in [0.15, 0.2) is 59.7 Å². The monoisotopic (exact) mass is 443 g/mol. The van der Waals surface area contributed by atoms with Gasteiger partial charge in [-0.15, -0.1) is 0 Å². The number of hydrogen-bond acceptors (Lipinski definition) is 4. The predicted octanol–water partition coefficient (Wildman–Crippen LogP) is 5.02. The van der Waals surface area contributed by atoms with Crippen LogP contribution in [0.25, 0.3) is 10.8 Å². The first kappa shape index (κ1) is 21.6. The maximum Gasteiger partial charge on any atom is 0.240 e. The zero-order valence-electron chi connectivity index (χ0n) is 16.1. The number of rotatable bonds is 7. The molecule has 0 aromatic heterocycles. The van der Waals surface area contributed by atoms with E-state index in [9.17, 15) is 9.59 Å². The van der Waals surface area contributed by atoms with Crippen molar-refractivity contribution in [2.75, 3.05) is 12.4 Å². The molecule has 154 valence electrons. The lowest BCUT2D eigenvalue weighted by atomic mass is 10.0. The van der Waals surface area contributed by atoms with Gasteiger partial charge in [0.2, 0.25) is 11.8 Å². The summed E-state index contributed by atoms with van der Waals surface area (Å²) in [5, 5.41) is 9.44. The Kier molecular flexibility index (Phi) is 7.27. The topological polar surface area (TPSA) is 79.8 Å². The maximum absolute atomic E-state index is 12.0. The number of fused-ring (bicyclic) bond motifs is 1. The first-order valence-corrected chi connectivity index (χ1v) is 9.86. The summed E-state index contributed by atoms with van der Waals surface area (Å²) < 4.78 is 5.39. The predicted molar refractivity (Wildman–Crippen MR) is 121 cm³/mol. The van der Waals surface area contributed by atoms with Crippen LogP contribution < -0.4 is 15.5 Å². The van der Waals surface area contributed by atoms with Gasteiger partial charge < -0.3 is 10.1 Å². The van der Waals surface area contributed by atoms with Gasteiger partial charge in [0.15, 0.2) is 0 Å². The van der Waals surface area contributed by atoms with Gasteiger partial charge in [-0.1, -0.05) is 53.5 Å². The third-order valence-electron chi connectivity index (χ3n) is 4.32. The molecule has 6 nitrogen and oxygen atoms in total. The van der Waals surface area contributed by atoms with Gasteiger partial charge in [0, 0.05) is 23.4 Å². The van der Waals surface area contributed by atoms with Crippen LogP contribution in [-0.4, -0.2) is 25.1 Å². The fourth-order valence-electron chi connectivity index (χ4n) is 2.84. The molecule has 0 heterocycles. The number of hydrazone groups is 1. The lowest BCUT2D eigenvalue weighted by Gasteiger charge is -2.08. The minimum Gasteiger partial charge on any atom is -0.496 e. The summed E-state index contributed by atoms with van der Waals surface area (Å²) in [7, 11) is 1.57. The highest BCUT2D eigenvalue weighted by atomic mass is 35.5. The summed E-state index contributed by atoms with van der Waals surface area (Å²) in [6.07, 6.45) is 1.49. The number of carbonyl (C=O) groups is 2. The van der Waals surface area contributed by atoms with Crippen LogP contribution in [0.2, 0.25) is 10.0 Å². The van der Waals surface area contributed by atoms with E-state index in [0.717, 1.165) is 16.3 Å². The van der Waals surface area contributed by atoms with Crippen molar-refractivity contribution in [3.8, 4) is 5.75 Å². The van der Waals surface area contributed by atoms with E-state index in [2.05, 4.69) is 15.8 Å². The van der Waals surface area contributed by atoms with Crippen molar-refractivity contribution >= 4 is 57.7 Å². The standard InChI is InChI=1S/C22H19Cl2N3O3/c1-30-20-9-6-14-4-2-3-5-16(14)17(20)13-25-27-22(29)11-10-21(28)26-19-8-7-15(23)12-18(19)24/h2-9,12-13H,10-11H2,1H3,(H,26,28)(H,27,29). The minimum absolute atomic E-state index is 0.0160. The van der Waals surface area contributed by atoms with E-state index in [1.54, 1.807) is 19.2 Å². The zero-order valence-corrected chi connectivity index (χ0v) is 17.6. The molecule has 0 aliphatic rings. The Balaban J connectivity index is 1.56. The van der Waals surface area contributed by atoms with Crippen molar-refractivity contribution in [2.24, 2.45) is 5.10 Å². The van der Waals surface area contributed by atoms with E-state index in [1.165, 1.54) is 12.3 Å². The Morgan fingerprint density at radius 1 is 1.03 bits per heavy atom. The fraction of sp³-hybridized carbons (Fsp3) is 0.136.